The Morgan fingerprint density at radius 1 is 0.848 bits per heavy atom. The number of amides is 5. The Morgan fingerprint density at radius 3 is 2.30 bits per heavy atom. The number of carbonyl (C=O) groups excluding carboxylic acids is 5. The van der Waals surface area contributed by atoms with Gasteiger partial charge in [-0.05, 0) is 64.7 Å². The van der Waals surface area contributed by atoms with Crippen molar-refractivity contribution in [3.63, 3.8) is 0 Å². The van der Waals surface area contributed by atoms with Crippen LogP contribution in [0.2, 0.25) is 0 Å². The van der Waals surface area contributed by atoms with Crippen LogP contribution >= 0.6 is 0 Å². The van der Waals surface area contributed by atoms with Gasteiger partial charge in [0.25, 0.3) is 0 Å². The Kier molecular flexibility index (Phi) is 13.7. The van der Waals surface area contributed by atoms with Gasteiger partial charge < -0.3 is 40.4 Å². The molecule has 1 spiro atoms. The number of primary amides is 1. The second-order valence-electron chi connectivity index (χ2n) is 15.8. The van der Waals surface area contributed by atoms with Gasteiger partial charge in [0.15, 0.2) is 0 Å². The third kappa shape index (κ3) is 8.66. The SMILES string of the molecule is COCCOC(=O)N1C(=O)C2(c3cc(C#CCNC(N)=O)ccc31)C(C(=O)NCCc1ccccn1)C1C(=O)OC(c3ccccc3)C(c3ccccc3)N1C2c1cccc(OCCO)c1. The van der Waals surface area contributed by atoms with Crippen LogP contribution in [0, 0.1) is 17.8 Å². The smallest absolute Gasteiger partial charge is 0.421 e. The average Bonchev–Trinajstić information content (AvgIpc) is 3.79. The number of benzene rings is 4. The predicted molar refractivity (Wildman–Crippen MR) is 240 cm³/mol. The van der Waals surface area contributed by atoms with Gasteiger partial charge in [0.2, 0.25) is 11.8 Å². The minimum atomic E-state index is -2.09. The Labute approximate surface area is 381 Å². The molecule has 3 aliphatic rings. The van der Waals surface area contributed by atoms with Gasteiger partial charge in [-0.3, -0.25) is 24.3 Å². The van der Waals surface area contributed by atoms with E-state index in [1.807, 2.05) is 77.7 Å². The normalized spacial score (nSPS) is 21.8. The van der Waals surface area contributed by atoms with Crippen molar-refractivity contribution >= 4 is 35.6 Å². The van der Waals surface area contributed by atoms with E-state index in [9.17, 15) is 14.7 Å². The number of ether oxygens (including phenoxy) is 4. The number of nitrogens with zero attached hydrogens (tertiary/aromatic N) is 3. The van der Waals surface area contributed by atoms with Gasteiger partial charge in [0, 0.05) is 37.5 Å². The Hall–Kier alpha value is -7.58. The molecular formula is C50H48N6O10. The maximum absolute atomic E-state index is 16.3. The summed E-state index contributed by atoms with van der Waals surface area (Å²) in [6.07, 6.45) is -0.00341. The number of rotatable bonds is 14. The highest BCUT2D eigenvalue weighted by Gasteiger charge is 2.75. The number of fused-ring (bicyclic) bond motifs is 3. The molecule has 6 atom stereocenters. The third-order valence-corrected chi connectivity index (χ3v) is 12.0. The van der Waals surface area contributed by atoms with Crippen LogP contribution in [0.4, 0.5) is 15.3 Å². The quantitative estimate of drug-likeness (QED) is 0.0700. The van der Waals surface area contributed by atoms with E-state index in [2.05, 4.69) is 27.5 Å². The molecule has 5 aromatic rings. The maximum atomic E-state index is 16.3. The van der Waals surface area contributed by atoms with Crippen LogP contribution in [0.15, 0.2) is 128 Å². The summed E-state index contributed by atoms with van der Waals surface area (Å²) in [6.45, 7) is -0.503. The topological polar surface area (TPSA) is 212 Å². The minimum absolute atomic E-state index is 0.0333. The summed E-state index contributed by atoms with van der Waals surface area (Å²) in [6, 6.07) is 31.5. The molecule has 338 valence electrons. The van der Waals surface area contributed by atoms with Crippen molar-refractivity contribution in [3.8, 4) is 17.6 Å². The summed E-state index contributed by atoms with van der Waals surface area (Å²) >= 11 is 0. The Bertz CT molecular complexity index is 2640. The molecule has 0 radical (unpaired) electrons. The monoisotopic (exact) mass is 892 g/mol. The van der Waals surface area contributed by atoms with E-state index in [4.69, 9.17) is 24.7 Å². The average molecular weight is 893 g/mol. The number of pyridine rings is 1. The fourth-order valence-corrected chi connectivity index (χ4v) is 9.43. The number of nitrogens with one attached hydrogen (secondary N) is 2. The lowest BCUT2D eigenvalue weighted by atomic mass is 9.65. The molecule has 1 aromatic heterocycles. The number of nitrogens with two attached hydrogens (primary N) is 1. The molecular weight excluding hydrogens is 845 g/mol. The zero-order valence-corrected chi connectivity index (χ0v) is 36.0. The molecule has 3 aliphatic heterocycles. The van der Waals surface area contributed by atoms with E-state index in [-0.39, 0.29) is 50.8 Å². The second-order valence-corrected chi connectivity index (χ2v) is 15.8. The standard InChI is InChI=1S/C50H48N6O10/c1-63-28-29-65-49(62)55-39-21-20-32(12-11-24-54-48(51)61)30-38(39)50(47(55)60)40(45(58)53-25-22-36-18-8-9-23-52-36)42-46(59)66-43(34-15-6-3-7-16-34)41(33-13-4-2-5-14-33)56(42)44(50)35-17-10-19-37(31-35)64-27-26-57/h2-10,13-21,23,30-31,40-44,57H,22,24-29H2,1H3,(H,53,58)(H3,51,54,61). The number of methoxy groups -OCH3 is 1. The van der Waals surface area contributed by atoms with Crippen LogP contribution in [0.25, 0.3) is 0 Å². The Balaban J connectivity index is 1.42. The predicted octanol–water partition coefficient (Wildman–Crippen LogP) is 4.28. The van der Waals surface area contributed by atoms with Gasteiger partial charge in [-0.25, -0.2) is 14.5 Å². The second kappa shape index (κ2) is 20.1. The number of morpholine rings is 1. The molecule has 16 heteroatoms. The van der Waals surface area contributed by atoms with E-state index >= 15 is 14.4 Å². The van der Waals surface area contributed by atoms with Crippen molar-refractivity contribution in [1.82, 2.24) is 20.5 Å². The van der Waals surface area contributed by atoms with Crippen molar-refractivity contribution in [2.24, 2.45) is 11.7 Å². The number of hydrogen-bond donors (Lipinski definition) is 4. The van der Waals surface area contributed by atoms with E-state index < -0.39 is 65.5 Å². The molecule has 0 aliphatic carbocycles. The summed E-state index contributed by atoms with van der Waals surface area (Å²) < 4.78 is 23.3. The number of urea groups is 1. The van der Waals surface area contributed by atoms with Gasteiger partial charge in [-0.15, -0.1) is 0 Å². The molecule has 6 unspecified atom stereocenters. The van der Waals surface area contributed by atoms with Crippen molar-refractivity contribution in [2.45, 2.75) is 36.1 Å². The van der Waals surface area contributed by atoms with Gasteiger partial charge in [-0.1, -0.05) is 90.7 Å². The van der Waals surface area contributed by atoms with Crippen LogP contribution in [-0.4, -0.2) is 97.6 Å². The first-order valence-electron chi connectivity index (χ1n) is 21.4. The summed E-state index contributed by atoms with van der Waals surface area (Å²) in [5.41, 5.74) is 6.43. The first-order chi connectivity index (χ1) is 32.2. The van der Waals surface area contributed by atoms with Gasteiger partial charge in [0.1, 0.15) is 36.5 Å². The van der Waals surface area contributed by atoms with Crippen LogP contribution in [0.5, 0.6) is 5.75 Å². The summed E-state index contributed by atoms with van der Waals surface area (Å²) in [7, 11) is 1.44. The lowest BCUT2D eigenvalue weighted by Crippen LogP contribution is -2.56. The highest BCUT2D eigenvalue weighted by molar-refractivity contribution is 6.23. The fraction of sp³-hybridized carbons (Fsp3) is 0.280. The fourth-order valence-electron chi connectivity index (χ4n) is 9.43. The van der Waals surface area contributed by atoms with E-state index in [0.29, 0.717) is 34.6 Å². The first-order valence-corrected chi connectivity index (χ1v) is 21.4. The molecule has 4 heterocycles. The molecule has 0 saturated carbocycles. The number of hydrogen-bond acceptors (Lipinski definition) is 12. The number of esters is 1. The zero-order valence-electron chi connectivity index (χ0n) is 36.0. The number of aromatic nitrogens is 1. The summed E-state index contributed by atoms with van der Waals surface area (Å²) in [5, 5.41) is 15.2. The van der Waals surface area contributed by atoms with Gasteiger partial charge in [-0.2, -0.15) is 0 Å². The third-order valence-electron chi connectivity index (χ3n) is 12.0. The molecule has 0 bridgehead atoms. The summed E-state index contributed by atoms with van der Waals surface area (Å²) in [5.74, 6) is 2.41. The maximum Gasteiger partial charge on any atom is 0.421 e. The number of anilines is 1. The minimum Gasteiger partial charge on any atom is -0.491 e. The summed E-state index contributed by atoms with van der Waals surface area (Å²) in [4.78, 5) is 80.3. The van der Waals surface area contributed by atoms with E-state index in [1.54, 1.807) is 54.7 Å². The van der Waals surface area contributed by atoms with Crippen LogP contribution in [0.3, 0.4) is 0 Å². The lowest BCUT2D eigenvalue weighted by Gasteiger charge is -2.46. The van der Waals surface area contributed by atoms with Crippen LogP contribution in [-0.2, 0) is 40.4 Å². The van der Waals surface area contributed by atoms with Crippen LogP contribution in [0.1, 0.15) is 51.7 Å². The molecule has 66 heavy (non-hydrogen) atoms. The Morgan fingerprint density at radius 2 is 1.59 bits per heavy atom. The number of carbonyl (C=O) groups is 5. The largest absolute Gasteiger partial charge is 0.491 e. The molecule has 5 N–H and O–H groups in total. The van der Waals surface area contributed by atoms with Crippen LogP contribution < -0.4 is 26.0 Å². The highest BCUT2D eigenvalue weighted by atomic mass is 16.6. The number of imide groups is 1. The van der Waals surface area contributed by atoms with Crippen molar-refractivity contribution in [3.05, 3.63) is 161 Å². The molecule has 2 saturated heterocycles. The number of cyclic esters (lactones) is 1. The number of aliphatic hydroxyl groups excluding tert-OH is 1. The van der Waals surface area contributed by atoms with Gasteiger partial charge >= 0.3 is 18.1 Å². The highest BCUT2D eigenvalue weighted by Crippen LogP contribution is 2.66. The molecule has 16 nitrogen and oxygen atoms in total. The van der Waals surface area contributed by atoms with Crippen molar-refractivity contribution < 1.29 is 48.0 Å². The van der Waals surface area contributed by atoms with Gasteiger partial charge in [0.05, 0.1) is 43.4 Å². The zero-order chi connectivity index (χ0) is 46.2. The van der Waals surface area contributed by atoms with Crippen molar-refractivity contribution in [1.29, 1.82) is 0 Å². The first kappa shape index (κ1) is 45.0. The molecule has 2 fully saturated rings. The van der Waals surface area contributed by atoms with E-state index in [0.717, 1.165) is 10.5 Å². The molecule has 5 amide bonds. The lowest BCUT2D eigenvalue weighted by molar-refractivity contribution is -0.178. The molecule has 4 aromatic carbocycles. The van der Waals surface area contributed by atoms with Crippen molar-refractivity contribution in [2.75, 3.05) is 51.5 Å². The molecule has 8 rings (SSSR count). The van der Waals surface area contributed by atoms with E-state index in [1.165, 1.54) is 7.11 Å². The number of aliphatic hydroxyl groups is 1.